The van der Waals surface area contributed by atoms with Crippen LogP contribution in [0.3, 0.4) is 0 Å². The van der Waals surface area contributed by atoms with Gasteiger partial charge in [-0.3, -0.25) is 19.7 Å². The van der Waals surface area contributed by atoms with Crippen LogP contribution in [0, 0.1) is 5.92 Å². The van der Waals surface area contributed by atoms with Gasteiger partial charge in [0.1, 0.15) is 5.54 Å². The number of hydrogen-bond acceptors (Lipinski definition) is 4. The van der Waals surface area contributed by atoms with Crippen molar-refractivity contribution in [3.05, 3.63) is 0 Å². The summed E-state index contributed by atoms with van der Waals surface area (Å²) >= 11 is 0. The largest absolute Gasteiger partial charge is 0.343 e. The first-order valence-corrected chi connectivity index (χ1v) is 8.09. The fraction of sp³-hybridized carbons (Fsp3) is 0.733. The lowest BCUT2D eigenvalue weighted by molar-refractivity contribution is -0.142. The zero-order chi connectivity index (χ0) is 16.6. The number of imide groups is 1. The molecule has 3 saturated heterocycles. The number of rotatable bonds is 1. The molecule has 8 heteroatoms. The molecule has 3 fully saturated rings. The van der Waals surface area contributed by atoms with Crippen LogP contribution in [0.5, 0.6) is 0 Å². The molecule has 3 aliphatic rings. The Balaban J connectivity index is 1.54. The van der Waals surface area contributed by atoms with E-state index in [1.54, 1.807) is 16.7 Å². The van der Waals surface area contributed by atoms with Gasteiger partial charge in [0.05, 0.1) is 0 Å². The van der Waals surface area contributed by atoms with Gasteiger partial charge >= 0.3 is 6.03 Å². The highest BCUT2D eigenvalue weighted by molar-refractivity contribution is 6.07. The van der Waals surface area contributed by atoms with Gasteiger partial charge in [-0.15, -0.1) is 0 Å². The van der Waals surface area contributed by atoms with Crippen LogP contribution in [0.1, 0.15) is 32.6 Å². The van der Waals surface area contributed by atoms with Gasteiger partial charge < -0.3 is 15.1 Å². The summed E-state index contributed by atoms with van der Waals surface area (Å²) in [7, 11) is 0. The number of urea groups is 1. The van der Waals surface area contributed by atoms with Crippen LogP contribution < -0.4 is 10.6 Å². The van der Waals surface area contributed by atoms with Gasteiger partial charge in [0.25, 0.3) is 5.91 Å². The standard InChI is InChI=1S/C15H22N4O4/c1-10(20)18-6-2-11(3-7-18)12(21)19-8-4-15(5-9-19)13(22)16-14(23)17-15/h11H,2-9H2,1H3,(H2,16,17,22,23). The van der Waals surface area contributed by atoms with Crippen LogP contribution in [-0.2, 0) is 14.4 Å². The third-order valence-corrected chi connectivity index (χ3v) is 5.23. The highest BCUT2D eigenvalue weighted by Gasteiger charge is 2.48. The van der Waals surface area contributed by atoms with Crippen molar-refractivity contribution in [3.63, 3.8) is 0 Å². The van der Waals surface area contributed by atoms with Gasteiger partial charge in [-0.1, -0.05) is 0 Å². The maximum Gasteiger partial charge on any atom is 0.322 e. The quantitative estimate of drug-likeness (QED) is 0.633. The Kier molecular flexibility index (Phi) is 3.99. The monoisotopic (exact) mass is 322 g/mol. The number of carbonyl (C=O) groups is 4. The summed E-state index contributed by atoms with van der Waals surface area (Å²) in [4.78, 5) is 50.7. The minimum absolute atomic E-state index is 0.0494. The Labute approximate surface area is 134 Å². The first-order valence-electron chi connectivity index (χ1n) is 8.09. The molecule has 0 aliphatic carbocycles. The smallest absolute Gasteiger partial charge is 0.322 e. The van der Waals surface area contributed by atoms with E-state index in [-0.39, 0.29) is 23.6 Å². The average molecular weight is 322 g/mol. The molecule has 0 atom stereocenters. The molecule has 3 rings (SSSR count). The zero-order valence-electron chi connectivity index (χ0n) is 13.3. The number of amides is 5. The number of likely N-dealkylation sites (tertiary alicyclic amines) is 2. The second-order valence-electron chi connectivity index (χ2n) is 6.60. The summed E-state index contributed by atoms with van der Waals surface area (Å²) in [6.07, 6.45) is 2.28. The van der Waals surface area contributed by atoms with E-state index in [1.165, 1.54) is 0 Å². The molecule has 0 aromatic rings. The Morgan fingerprint density at radius 1 is 1.04 bits per heavy atom. The van der Waals surface area contributed by atoms with E-state index in [0.717, 1.165) is 0 Å². The first-order chi connectivity index (χ1) is 10.9. The van der Waals surface area contributed by atoms with Crippen molar-refractivity contribution in [2.24, 2.45) is 5.92 Å². The topological polar surface area (TPSA) is 98.8 Å². The maximum atomic E-state index is 12.6. The minimum atomic E-state index is -0.841. The Hall–Kier alpha value is -2.12. The molecule has 3 aliphatic heterocycles. The van der Waals surface area contributed by atoms with E-state index in [0.29, 0.717) is 51.9 Å². The molecule has 5 amide bonds. The zero-order valence-corrected chi connectivity index (χ0v) is 13.3. The molecule has 2 N–H and O–H groups in total. The molecule has 0 radical (unpaired) electrons. The first kappa shape index (κ1) is 15.8. The molecule has 126 valence electrons. The van der Waals surface area contributed by atoms with Gasteiger partial charge in [0, 0.05) is 39.0 Å². The van der Waals surface area contributed by atoms with Crippen molar-refractivity contribution in [1.29, 1.82) is 0 Å². The Morgan fingerprint density at radius 2 is 1.65 bits per heavy atom. The molecule has 3 heterocycles. The number of hydrogen-bond donors (Lipinski definition) is 2. The van der Waals surface area contributed by atoms with E-state index in [4.69, 9.17) is 0 Å². The summed E-state index contributed by atoms with van der Waals surface area (Å²) in [6, 6.07) is -0.452. The second-order valence-corrected chi connectivity index (χ2v) is 6.60. The number of nitrogens with one attached hydrogen (secondary N) is 2. The molecule has 23 heavy (non-hydrogen) atoms. The molecule has 1 spiro atoms. The van der Waals surface area contributed by atoms with Gasteiger partial charge in [-0.2, -0.15) is 0 Å². The summed E-state index contributed by atoms with van der Waals surface area (Å²) in [6.45, 7) is 3.75. The van der Waals surface area contributed by atoms with Crippen LogP contribution in [0.25, 0.3) is 0 Å². The van der Waals surface area contributed by atoms with Crippen molar-refractivity contribution in [2.45, 2.75) is 38.1 Å². The highest BCUT2D eigenvalue weighted by atomic mass is 16.2. The maximum absolute atomic E-state index is 12.6. The molecule has 0 bridgehead atoms. The number of piperidine rings is 2. The third kappa shape index (κ3) is 2.89. The van der Waals surface area contributed by atoms with Crippen LogP contribution in [0.15, 0.2) is 0 Å². The van der Waals surface area contributed by atoms with E-state index in [1.807, 2.05) is 0 Å². The van der Waals surface area contributed by atoms with Crippen molar-refractivity contribution in [2.75, 3.05) is 26.2 Å². The van der Waals surface area contributed by atoms with Gasteiger partial charge in [0.15, 0.2) is 0 Å². The van der Waals surface area contributed by atoms with Crippen molar-refractivity contribution >= 4 is 23.8 Å². The lowest BCUT2D eigenvalue weighted by atomic mass is 9.86. The fourth-order valence-corrected chi connectivity index (χ4v) is 3.69. The predicted molar refractivity (Wildman–Crippen MR) is 80.2 cm³/mol. The Bertz CT molecular complexity index is 546. The SMILES string of the molecule is CC(=O)N1CCC(C(=O)N2CCC3(CC2)NC(=O)NC3=O)CC1. The van der Waals surface area contributed by atoms with Gasteiger partial charge in [-0.05, 0) is 25.7 Å². The molecular formula is C15H22N4O4. The molecule has 0 saturated carbocycles. The normalized spacial score (nSPS) is 24.6. The molecule has 0 aromatic carbocycles. The molecular weight excluding hydrogens is 300 g/mol. The number of nitrogens with zero attached hydrogens (tertiary/aromatic N) is 2. The van der Waals surface area contributed by atoms with E-state index in [2.05, 4.69) is 10.6 Å². The van der Waals surface area contributed by atoms with E-state index >= 15 is 0 Å². The van der Waals surface area contributed by atoms with Crippen LogP contribution in [-0.4, -0.2) is 65.3 Å². The van der Waals surface area contributed by atoms with Gasteiger partial charge in [0.2, 0.25) is 11.8 Å². The van der Waals surface area contributed by atoms with Crippen molar-refractivity contribution in [1.82, 2.24) is 20.4 Å². The molecule has 0 aromatic heterocycles. The van der Waals surface area contributed by atoms with Crippen molar-refractivity contribution < 1.29 is 19.2 Å². The molecule has 0 unspecified atom stereocenters. The van der Waals surface area contributed by atoms with Crippen molar-refractivity contribution in [3.8, 4) is 0 Å². The van der Waals surface area contributed by atoms with Crippen LogP contribution in [0.4, 0.5) is 4.79 Å². The Morgan fingerprint density at radius 3 is 2.13 bits per heavy atom. The highest BCUT2D eigenvalue weighted by Crippen LogP contribution is 2.28. The van der Waals surface area contributed by atoms with E-state index < -0.39 is 11.6 Å². The number of carbonyl (C=O) groups excluding carboxylic acids is 4. The summed E-state index contributed by atoms with van der Waals surface area (Å²) in [5.74, 6) is -0.178. The van der Waals surface area contributed by atoms with Gasteiger partial charge in [-0.25, -0.2) is 4.79 Å². The summed E-state index contributed by atoms with van der Waals surface area (Å²) < 4.78 is 0. The average Bonchev–Trinajstić information content (AvgIpc) is 2.81. The van der Waals surface area contributed by atoms with Crippen LogP contribution in [0.2, 0.25) is 0 Å². The van der Waals surface area contributed by atoms with Crippen LogP contribution >= 0.6 is 0 Å². The molecule has 8 nitrogen and oxygen atoms in total. The lowest BCUT2D eigenvalue weighted by Crippen LogP contribution is -2.56. The summed E-state index contributed by atoms with van der Waals surface area (Å²) in [5, 5.41) is 4.96. The second kappa shape index (κ2) is 5.82. The summed E-state index contributed by atoms with van der Waals surface area (Å²) in [5.41, 5.74) is -0.841. The predicted octanol–water partition coefficient (Wildman–Crippen LogP) is -0.554. The van der Waals surface area contributed by atoms with E-state index in [9.17, 15) is 19.2 Å². The fourth-order valence-electron chi connectivity index (χ4n) is 3.69. The minimum Gasteiger partial charge on any atom is -0.343 e. The lowest BCUT2D eigenvalue weighted by Gasteiger charge is -2.39. The third-order valence-electron chi connectivity index (χ3n) is 5.23.